The normalized spacial score (nSPS) is 15.4. The molecular formula is C22H25N3O3S. The predicted molar refractivity (Wildman–Crippen MR) is 117 cm³/mol. The molecule has 0 spiro atoms. The Hall–Kier alpha value is -2.77. The van der Waals surface area contributed by atoms with E-state index in [0.29, 0.717) is 11.4 Å². The second-order valence-corrected chi connectivity index (χ2v) is 8.94. The minimum atomic E-state index is -3.74. The lowest BCUT2D eigenvalue weighted by Gasteiger charge is -2.34. The van der Waals surface area contributed by atoms with Crippen molar-refractivity contribution >= 4 is 32.2 Å². The number of benzene rings is 3. The number of anilines is 2. The van der Waals surface area contributed by atoms with Gasteiger partial charge < -0.3 is 14.5 Å². The second kappa shape index (κ2) is 7.93. The Bertz CT molecular complexity index is 1120. The molecule has 0 radical (unpaired) electrons. The van der Waals surface area contributed by atoms with Crippen LogP contribution in [-0.4, -0.2) is 53.7 Å². The first-order valence-electron chi connectivity index (χ1n) is 9.60. The van der Waals surface area contributed by atoms with Gasteiger partial charge in [0.05, 0.1) is 23.4 Å². The van der Waals surface area contributed by atoms with E-state index >= 15 is 0 Å². The smallest absolute Gasteiger partial charge is 0.261 e. The molecule has 0 aromatic heterocycles. The molecule has 3 aromatic carbocycles. The van der Waals surface area contributed by atoms with E-state index in [4.69, 9.17) is 4.74 Å². The summed E-state index contributed by atoms with van der Waals surface area (Å²) < 4.78 is 34.6. The van der Waals surface area contributed by atoms with E-state index in [0.717, 1.165) is 42.6 Å². The Morgan fingerprint density at radius 1 is 0.931 bits per heavy atom. The van der Waals surface area contributed by atoms with Crippen LogP contribution in [0.4, 0.5) is 11.4 Å². The van der Waals surface area contributed by atoms with Gasteiger partial charge in [0.15, 0.2) is 0 Å². The molecule has 0 aliphatic carbocycles. The number of nitrogens with one attached hydrogen (secondary N) is 1. The summed E-state index contributed by atoms with van der Waals surface area (Å²) in [6.45, 7) is 3.50. The molecular weight excluding hydrogens is 386 g/mol. The summed E-state index contributed by atoms with van der Waals surface area (Å²) in [5, 5.41) is 1.85. The molecule has 1 aliphatic heterocycles. The fourth-order valence-electron chi connectivity index (χ4n) is 3.65. The molecule has 0 unspecified atom stereocenters. The summed E-state index contributed by atoms with van der Waals surface area (Å²) >= 11 is 0. The molecule has 0 amide bonds. The highest BCUT2D eigenvalue weighted by Crippen LogP contribution is 2.33. The zero-order valence-corrected chi connectivity index (χ0v) is 17.4. The molecule has 1 aliphatic rings. The van der Waals surface area contributed by atoms with E-state index < -0.39 is 10.0 Å². The maximum Gasteiger partial charge on any atom is 0.261 e. The standard InChI is InChI=1S/C22H25N3O3S/c1-24-12-14-25(15-13-24)21-16-18(10-11-22(21)28-2)29(26,27)23-20-9-5-7-17-6-3-4-8-19(17)20/h3-11,16,23H,12-15H2,1-2H3. The number of ether oxygens (including phenoxy) is 1. The van der Waals surface area contributed by atoms with Crippen molar-refractivity contribution in [2.24, 2.45) is 0 Å². The van der Waals surface area contributed by atoms with Gasteiger partial charge in [0.1, 0.15) is 5.75 Å². The number of piperazine rings is 1. The van der Waals surface area contributed by atoms with E-state index in [1.54, 1.807) is 31.4 Å². The molecule has 152 valence electrons. The van der Waals surface area contributed by atoms with Crippen LogP contribution in [0.1, 0.15) is 0 Å². The number of fused-ring (bicyclic) bond motifs is 1. The van der Waals surface area contributed by atoms with Gasteiger partial charge in [-0.05, 0) is 36.7 Å². The number of sulfonamides is 1. The largest absolute Gasteiger partial charge is 0.495 e. The molecule has 4 rings (SSSR count). The first-order valence-corrected chi connectivity index (χ1v) is 11.1. The molecule has 0 bridgehead atoms. The maximum absolute atomic E-state index is 13.2. The zero-order chi connectivity index (χ0) is 20.4. The molecule has 1 saturated heterocycles. The highest BCUT2D eigenvalue weighted by atomic mass is 32.2. The Morgan fingerprint density at radius 3 is 2.41 bits per heavy atom. The number of rotatable bonds is 5. The highest BCUT2D eigenvalue weighted by molar-refractivity contribution is 7.92. The summed E-state index contributed by atoms with van der Waals surface area (Å²) in [6.07, 6.45) is 0. The summed E-state index contributed by atoms with van der Waals surface area (Å²) in [5.41, 5.74) is 1.38. The van der Waals surface area contributed by atoms with Crippen molar-refractivity contribution in [1.82, 2.24) is 4.90 Å². The zero-order valence-electron chi connectivity index (χ0n) is 16.6. The van der Waals surface area contributed by atoms with E-state index in [1.165, 1.54) is 0 Å². The minimum Gasteiger partial charge on any atom is -0.495 e. The van der Waals surface area contributed by atoms with Crippen molar-refractivity contribution in [3.8, 4) is 5.75 Å². The van der Waals surface area contributed by atoms with Crippen LogP contribution in [0, 0.1) is 0 Å². The quantitative estimate of drug-likeness (QED) is 0.697. The van der Waals surface area contributed by atoms with Gasteiger partial charge in [-0.25, -0.2) is 8.42 Å². The minimum absolute atomic E-state index is 0.222. The van der Waals surface area contributed by atoms with Crippen molar-refractivity contribution in [3.63, 3.8) is 0 Å². The van der Waals surface area contributed by atoms with Gasteiger partial charge in [0.25, 0.3) is 10.0 Å². The van der Waals surface area contributed by atoms with Gasteiger partial charge in [0, 0.05) is 31.6 Å². The van der Waals surface area contributed by atoms with Crippen molar-refractivity contribution in [2.45, 2.75) is 4.90 Å². The van der Waals surface area contributed by atoms with Crippen LogP contribution in [0.2, 0.25) is 0 Å². The molecule has 3 aromatic rings. The Kier molecular flexibility index (Phi) is 5.34. The number of likely N-dealkylation sites (N-methyl/N-ethyl adjacent to an activating group) is 1. The second-order valence-electron chi connectivity index (χ2n) is 7.26. The third kappa shape index (κ3) is 4.02. The van der Waals surface area contributed by atoms with Crippen LogP contribution in [0.5, 0.6) is 5.75 Å². The summed E-state index contributed by atoms with van der Waals surface area (Å²) in [4.78, 5) is 4.65. The van der Waals surface area contributed by atoms with Crippen molar-refractivity contribution in [1.29, 1.82) is 0 Å². The summed E-state index contributed by atoms with van der Waals surface area (Å²) in [5.74, 6) is 0.679. The fourth-order valence-corrected chi connectivity index (χ4v) is 4.75. The van der Waals surface area contributed by atoms with E-state index in [9.17, 15) is 8.42 Å². The molecule has 0 saturated carbocycles. The molecule has 29 heavy (non-hydrogen) atoms. The average molecular weight is 412 g/mol. The number of methoxy groups -OCH3 is 1. The average Bonchev–Trinajstić information content (AvgIpc) is 2.74. The van der Waals surface area contributed by atoms with Crippen LogP contribution in [0.15, 0.2) is 65.6 Å². The molecule has 1 fully saturated rings. The van der Waals surface area contributed by atoms with Crippen LogP contribution >= 0.6 is 0 Å². The van der Waals surface area contributed by atoms with Crippen LogP contribution < -0.4 is 14.4 Å². The van der Waals surface area contributed by atoms with Crippen molar-refractivity contribution < 1.29 is 13.2 Å². The Labute approximate surface area is 171 Å². The summed E-state index contributed by atoms with van der Waals surface area (Å²) in [7, 11) is -0.0489. The van der Waals surface area contributed by atoms with Gasteiger partial charge in [-0.1, -0.05) is 36.4 Å². The SMILES string of the molecule is COc1ccc(S(=O)(=O)Nc2cccc3ccccc23)cc1N1CCN(C)CC1. The molecule has 1 heterocycles. The molecule has 0 atom stereocenters. The van der Waals surface area contributed by atoms with Gasteiger partial charge >= 0.3 is 0 Å². The van der Waals surface area contributed by atoms with Crippen LogP contribution in [-0.2, 0) is 10.0 Å². The first-order chi connectivity index (χ1) is 14.0. The van der Waals surface area contributed by atoms with Gasteiger partial charge in [-0.3, -0.25) is 4.72 Å². The molecule has 7 heteroatoms. The monoisotopic (exact) mass is 411 g/mol. The highest BCUT2D eigenvalue weighted by Gasteiger charge is 2.22. The van der Waals surface area contributed by atoms with Crippen molar-refractivity contribution in [2.75, 3.05) is 50.0 Å². The maximum atomic E-state index is 13.2. The lowest BCUT2D eigenvalue weighted by atomic mass is 10.1. The first kappa shape index (κ1) is 19.5. The van der Waals surface area contributed by atoms with Gasteiger partial charge in [-0.15, -0.1) is 0 Å². The van der Waals surface area contributed by atoms with Gasteiger partial charge in [0.2, 0.25) is 0 Å². The third-order valence-electron chi connectivity index (χ3n) is 5.34. The lowest BCUT2D eigenvalue weighted by molar-refractivity contribution is 0.311. The lowest BCUT2D eigenvalue weighted by Crippen LogP contribution is -2.44. The van der Waals surface area contributed by atoms with Gasteiger partial charge in [-0.2, -0.15) is 0 Å². The molecule has 6 nitrogen and oxygen atoms in total. The Balaban J connectivity index is 1.68. The van der Waals surface area contributed by atoms with E-state index in [1.807, 2.05) is 36.4 Å². The predicted octanol–water partition coefficient (Wildman–Crippen LogP) is 3.40. The van der Waals surface area contributed by atoms with Crippen LogP contribution in [0.3, 0.4) is 0 Å². The number of hydrogen-bond donors (Lipinski definition) is 1. The fraction of sp³-hybridized carbons (Fsp3) is 0.273. The van der Waals surface area contributed by atoms with E-state index in [2.05, 4.69) is 21.6 Å². The number of nitrogens with zero attached hydrogens (tertiary/aromatic N) is 2. The number of hydrogen-bond acceptors (Lipinski definition) is 5. The van der Waals surface area contributed by atoms with E-state index in [-0.39, 0.29) is 4.90 Å². The Morgan fingerprint density at radius 2 is 1.66 bits per heavy atom. The third-order valence-corrected chi connectivity index (χ3v) is 6.70. The summed E-state index contributed by atoms with van der Waals surface area (Å²) in [6, 6.07) is 18.3. The topological polar surface area (TPSA) is 61.9 Å². The molecule has 1 N–H and O–H groups in total. The van der Waals surface area contributed by atoms with Crippen LogP contribution in [0.25, 0.3) is 10.8 Å². The van der Waals surface area contributed by atoms with Crippen molar-refractivity contribution in [3.05, 3.63) is 60.7 Å².